The van der Waals surface area contributed by atoms with E-state index in [2.05, 4.69) is 10.6 Å². The van der Waals surface area contributed by atoms with Crippen LogP contribution in [0.1, 0.15) is 39.9 Å². The van der Waals surface area contributed by atoms with Crippen LogP contribution in [0.2, 0.25) is 0 Å². The third kappa shape index (κ3) is 5.24. The Labute approximate surface area is 238 Å². The molecule has 9 N–H and O–H groups in total. The molecule has 228 valence electrons. The molecule has 0 aliphatic carbocycles. The molecule has 42 heavy (non-hydrogen) atoms. The summed E-state index contributed by atoms with van der Waals surface area (Å²) in [4.78, 5) is 38.1. The zero-order valence-corrected chi connectivity index (χ0v) is 22.3. The molecule has 1 atom stereocenters. The number of hydrogen-bond donors (Lipinski definition) is 9. The van der Waals surface area contributed by atoms with Crippen LogP contribution in [0.15, 0.2) is 36.4 Å². The summed E-state index contributed by atoms with van der Waals surface area (Å²) >= 11 is 0. The average Bonchev–Trinajstić information content (AvgIpc) is 3.16. The predicted molar refractivity (Wildman–Crippen MR) is 138 cm³/mol. The number of nitrogens with zero attached hydrogens (tertiary/aromatic N) is 2. The lowest BCUT2D eigenvalue weighted by atomic mass is 10.0. The van der Waals surface area contributed by atoms with Crippen molar-refractivity contribution in [3.8, 4) is 0 Å². The van der Waals surface area contributed by atoms with Crippen molar-refractivity contribution >= 4 is 23.8 Å². The number of aliphatic hydroxyl groups is 7. The van der Waals surface area contributed by atoms with Gasteiger partial charge in [0.25, 0.3) is 29.5 Å². The van der Waals surface area contributed by atoms with Crippen LogP contribution in [0.3, 0.4) is 0 Å². The molecule has 0 aromatic heterocycles. The van der Waals surface area contributed by atoms with E-state index in [9.17, 15) is 50.1 Å². The van der Waals surface area contributed by atoms with Crippen LogP contribution in [0.5, 0.6) is 0 Å². The van der Waals surface area contributed by atoms with Gasteiger partial charge in [0, 0.05) is 44.2 Å². The number of amides is 2. The van der Waals surface area contributed by atoms with E-state index in [-0.39, 0.29) is 36.8 Å². The normalized spacial score (nSPS) is 18.8. The lowest BCUT2D eigenvalue weighted by molar-refractivity contribution is -0.301. The van der Waals surface area contributed by atoms with Crippen molar-refractivity contribution < 1.29 is 59.3 Å². The molecular formula is C26H31FN4O11. The molecule has 2 heterocycles. The Hall–Kier alpha value is -3.58. The van der Waals surface area contributed by atoms with Crippen LogP contribution < -0.4 is 10.6 Å². The summed E-state index contributed by atoms with van der Waals surface area (Å²) in [5.41, 5.74) is -5.78. The standard InChI is InChI=1S/C26H31FN4O11/c1-28-22(34)23(35,8-3-11-32)31-21(33)16-4-2-5-19(20(16)26(31,40)41)29-24(36,37)17-7-6-15(14-18(17)27)25(38,39)30-9-12-42-13-10-30/h2,4-7,11,14,29,35-41H,3,8-10,12-13H2,1H3,(H,28,34). The lowest BCUT2D eigenvalue weighted by Gasteiger charge is -2.41. The maximum atomic E-state index is 15.2. The van der Waals surface area contributed by atoms with E-state index in [1.807, 2.05) is 0 Å². The Bertz CT molecular complexity index is 1380. The van der Waals surface area contributed by atoms with Gasteiger partial charge in [0.05, 0.1) is 29.9 Å². The van der Waals surface area contributed by atoms with Crippen molar-refractivity contribution in [3.63, 3.8) is 0 Å². The Balaban J connectivity index is 1.70. The number of ether oxygens (including phenoxy) is 1. The highest BCUT2D eigenvalue weighted by Crippen LogP contribution is 2.45. The molecule has 0 spiro atoms. The number of nitrogens with one attached hydrogen (secondary N) is 2. The fourth-order valence-corrected chi connectivity index (χ4v) is 5.10. The molecule has 2 aliphatic rings. The van der Waals surface area contributed by atoms with Gasteiger partial charge in [-0.3, -0.25) is 9.59 Å². The molecule has 2 aromatic rings. The van der Waals surface area contributed by atoms with Gasteiger partial charge in [-0.05, 0) is 24.3 Å². The van der Waals surface area contributed by atoms with Crippen LogP contribution in [0.25, 0.3) is 0 Å². The van der Waals surface area contributed by atoms with Crippen LogP contribution in [0.4, 0.5) is 10.1 Å². The second-order valence-electron chi connectivity index (χ2n) is 9.83. The fraction of sp³-hybridized carbons (Fsp3) is 0.423. The zero-order chi connectivity index (χ0) is 31.1. The molecule has 0 saturated carbocycles. The monoisotopic (exact) mass is 594 g/mol. The lowest BCUT2D eigenvalue weighted by Crippen LogP contribution is -2.64. The number of hydrogen-bond acceptors (Lipinski definition) is 13. The van der Waals surface area contributed by atoms with Gasteiger partial charge < -0.3 is 55.9 Å². The minimum absolute atomic E-state index is 0.0394. The first-order chi connectivity index (χ1) is 19.6. The van der Waals surface area contributed by atoms with Gasteiger partial charge >= 0.3 is 0 Å². The minimum atomic E-state index is -3.44. The van der Waals surface area contributed by atoms with E-state index in [4.69, 9.17) is 4.74 Å². The summed E-state index contributed by atoms with van der Waals surface area (Å²) in [6, 6.07) is 5.96. The average molecular weight is 595 g/mol. The third-order valence-electron chi connectivity index (χ3n) is 7.21. The van der Waals surface area contributed by atoms with Gasteiger partial charge in [-0.25, -0.2) is 14.2 Å². The van der Waals surface area contributed by atoms with Crippen molar-refractivity contribution in [2.75, 3.05) is 38.7 Å². The molecule has 1 unspecified atom stereocenters. The Morgan fingerprint density at radius 2 is 1.79 bits per heavy atom. The number of rotatable bonds is 10. The highest BCUT2D eigenvalue weighted by molar-refractivity contribution is 6.04. The first-order valence-electron chi connectivity index (χ1n) is 12.7. The van der Waals surface area contributed by atoms with E-state index in [1.165, 1.54) is 11.0 Å². The van der Waals surface area contributed by atoms with Crippen LogP contribution >= 0.6 is 0 Å². The second-order valence-corrected chi connectivity index (χ2v) is 9.83. The van der Waals surface area contributed by atoms with E-state index >= 15 is 4.39 Å². The number of fused-ring (bicyclic) bond motifs is 1. The van der Waals surface area contributed by atoms with Crippen molar-refractivity contribution in [2.45, 2.75) is 36.3 Å². The predicted octanol–water partition coefficient (Wildman–Crippen LogP) is -2.58. The quantitative estimate of drug-likeness (QED) is 0.102. The molecular weight excluding hydrogens is 563 g/mol. The van der Waals surface area contributed by atoms with Gasteiger partial charge in [0.1, 0.15) is 12.1 Å². The van der Waals surface area contributed by atoms with Crippen molar-refractivity contribution in [1.29, 1.82) is 0 Å². The van der Waals surface area contributed by atoms with Gasteiger partial charge in [0.2, 0.25) is 5.72 Å². The molecule has 4 rings (SSSR count). The zero-order valence-electron chi connectivity index (χ0n) is 22.3. The van der Waals surface area contributed by atoms with Gasteiger partial charge in [-0.2, -0.15) is 0 Å². The fourth-order valence-electron chi connectivity index (χ4n) is 5.10. The molecule has 1 fully saturated rings. The Morgan fingerprint density at radius 3 is 2.38 bits per heavy atom. The summed E-state index contributed by atoms with van der Waals surface area (Å²) in [6.07, 6.45) is -0.828. The molecule has 2 amide bonds. The molecule has 16 heteroatoms. The molecule has 0 bridgehead atoms. The molecule has 0 radical (unpaired) electrons. The summed E-state index contributed by atoms with van der Waals surface area (Å²) in [5.74, 6) is -13.1. The number of carbonyl (C=O) groups is 3. The van der Waals surface area contributed by atoms with Crippen LogP contribution in [0, 0.1) is 5.82 Å². The number of halogens is 1. The Kier molecular flexibility index (Phi) is 8.40. The number of anilines is 1. The summed E-state index contributed by atoms with van der Waals surface area (Å²) in [6.45, 7) is 0.676. The highest BCUT2D eigenvalue weighted by Gasteiger charge is 2.60. The smallest absolute Gasteiger partial charge is 0.283 e. The third-order valence-corrected chi connectivity index (χ3v) is 7.21. The molecule has 2 aromatic carbocycles. The summed E-state index contributed by atoms with van der Waals surface area (Å²) in [7, 11) is 1.11. The van der Waals surface area contributed by atoms with Crippen molar-refractivity contribution in [2.24, 2.45) is 0 Å². The SMILES string of the molecule is CNC(=O)C(O)(CCC=O)N1C(=O)c2cccc(NC(O)(O)c3ccc(C(O)(O)N4CCOCC4)cc3F)c2C1(O)O. The summed E-state index contributed by atoms with van der Waals surface area (Å²) < 4.78 is 20.4. The number of aldehydes is 1. The molecule has 2 aliphatic heterocycles. The highest BCUT2D eigenvalue weighted by atomic mass is 19.1. The minimum Gasteiger partial charge on any atom is -0.379 e. The van der Waals surface area contributed by atoms with Crippen LogP contribution in [-0.2, 0) is 32.1 Å². The van der Waals surface area contributed by atoms with E-state index in [1.54, 1.807) is 0 Å². The van der Waals surface area contributed by atoms with Gasteiger partial charge in [-0.15, -0.1) is 0 Å². The number of morpholine rings is 1. The summed E-state index contributed by atoms with van der Waals surface area (Å²) in [5, 5.41) is 80.4. The number of benzene rings is 2. The van der Waals surface area contributed by atoms with Crippen LogP contribution in [-0.4, -0.2) is 103 Å². The molecule has 15 nitrogen and oxygen atoms in total. The van der Waals surface area contributed by atoms with Crippen molar-refractivity contribution in [3.05, 3.63) is 64.5 Å². The maximum Gasteiger partial charge on any atom is 0.283 e. The number of carbonyl (C=O) groups excluding carboxylic acids is 3. The molecule has 1 saturated heterocycles. The van der Waals surface area contributed by atoms with E-state index in [0.717, 1.165) is 31.3 Å². The first kappa shape index (κ1) is 31.4. The van der Waals surface area contributed by atoms with Gasteiger partial charge in [0.15, 0.2) is 0 Å². The van der Waals surface area contributed by atoms with Crippen molar-refractivity contribution in [1.82, 2.24) is 15.1 Å². The van der Waals surface area contributed by atoms with E-state index < -0.39 is 76.3 Å². The number of likely N-dealkylation sites (N-methyl/N-ethyl adjacent to an activating group) is 1. The first-order valence-corrected chi connectivity index (χ1v) is 12.7. The topological polar surface area (TPSA) is 233 Å². The van der Waals surface area contributed by atoms with Gasteiger partial charge in [-0.1, -0.05) is 12.1 Å². The largest absolute Gasteiger partial charge is 0.379 e. The Morgan fingerprint density at radius 1 is 1.12 bits per heavy atom. The second kappa shape index (κ2) is 11.3. The van der Waals surface area contributed by atoms with E-state index in [0.29, 0.717) is 12.4 Å². The maximum absolute atomic E-state index is 15.2.